The average Bonchev–Trinajstić information content (AvgIpc) is 4.20. The molecule has 1 spiro atoms. The number of furan rings is 1. The number of thiophene rings is 1. The SMILES string of the molecule is c1ccc(-c2sc(-c3ccccc3)c3c2-c2ccccc2C32c3ccccc3-c3ccc(C(c4ccc(-c5cccc6ccccc56)cc4)c4ccc(-c5cccc6c5oc5ccccc56)cc4)cc32)cc1. The molecular formula is C70H44OS. The van der Waals surface area contributed by atoms with Crippen LogP contribution in [0.25, 0.3) is 98.1 Å². The van der Waals surface area contributed by atoms with Crippen molar-refractivity contribution >= 4 is 44.0 Å². The summed E-state index contributed by atoms with van der Waals surface area (Å²) < 4.78 is 6.56. The predicted molar refractivity (Wildman–Crippen MR) is 301 cm³/mol. The maximum absolute atomic E-state index is 6.56. The molecule has 2 heterocycles. The molecule has 0 bridgehead atoms. The molecule has 0 saturated carbocycles. The fourth-order valence-electron chi connectivity index (χ4n) is 12.6. The van der Waals surface area contributed by atoms with Crippen molar-refractivity contribution < 1.29 is 4.42 Å². The van der Waals surface area contributed by atoms with Gasteiger partial charge in [-0.3, -0.25) is 0 Å². The molecule has 2 aromatic heterocycles. The summed E-state index contributed by atoms with van der Waals surface area (Å²) in [7, 11) is 0. The molecule has 2 atom stereocenters. The molecular weight excluding hydrogens is 889 g/mol. The van der Waals surface area contributed by atoms with E-state index in [0.29, 0.717) is 0 Å². The second-order valence-corrected chi connectivity index (χ2v) is 20.4. The third-order valence-corrected chi connectivity index (χ3v) is 16.9. The van der Waals surface area contributed by atoms with Gasteiger partial charge >= 0.3 is 0 Å². The second-order valence-electron chi connectivity index (χ2n) is 19.4. The smallest absolute Gasteiger partial charge is 0.143 e. The number of benzene rings is 11. The van der Waals surface area contributed by atoms with Crippen LogP contribution in [0.2, 0.25) is 0 Å². The van der Waals surface area contributed by atoms with Gasteiger partial charge in [-0.1, -0.05) is 255 Å². The first-order chi connectivity index (χ1) is 35.7. The third-order valence-electron chi connectivity index (χ3n) is 15.7. The summed E-state index contributed by atoms with van der Waals surface area (Å²) in [6.45, 7) is 0. The monoisotopic (exact) mass is 932 g/mol. The minimum atomic E-state index is -0.555. The van der Waals surface area contributed by atoms with E-state index in [1.807, 2.05) is 17.4 Å². The van der Waals surface area contributed by atoms with Crippen molar-refractivity contribution in [3.8, 4) is 65.4 Å². The van der Waals surface area contributed by atoms with Crippen LogP contribution in [0.4, 0.5) is 0 Å². The van der Waals surface area contributed by atoms with Gasteiger partial charge in [-0.05, 0) is 100 Å². The third kappa shape index (κ3) is 6.00. The zero-order chi connectivity index (χ0) is 47.3. The lowest BCUT2D eigenvalue weighted by Gasteiger charge is -2.32. The largest absolute Gasteiger partial charge is 0.455 e. The Labute approximate surface area is 422 Å². The Morgan fingerprint density at radius 3 is 1.60 bits per heavy atom. The first-order valence-electron chi connectivity index (χ1n) is 24.9. The second kappa shape index (κ2) is 16.1. The van der Waals surface area contributed by atoms with Gasteiger partial charge < -0.3 is 4.42 Å². The van der Waals surface area contributed by atoms with Gasteiger partial charge in [0, 0.05) is 37.6 Å². The van der Waals surface area contributed by atoms with E-state index in [9.17, 15) is 0 Å². The summed E-state index contributed by atoms with van der Waals surface area (Å²) in [5, 5.41) is 4.79. The highest BCUT2D eigenvalue weighted by molar-refractivity contribution is 7.19. The van der Waals surface area contributed by atoms with Crippen LogP contribution in [0, 0.1) is 0 Å². The minimum Gasteiger partial charge on any atom is -0.455 e. The normalized spacial score (nSPS) is 14.7. The first kappa shape index (κ1) is 41.0. The molecule has 15 rings (SSSR count). The van der Waals surface area contributed by atoms with Crippen LogP contribution in [0.15, 0.2) is 265 Å². The molecule has 0 aliphatic heterocycles. The molecule has 0 fully saturated rings. The van der Waals surface area contributed by atoms with Crippen molar-refractivity contribution in [2.75, 3.05) is 0 Å². The van der Waals surface area contributed by atoms with E-state index in [4.69, 9.17) is 4.42 Å². The number of para-hydroxylation sites is 2. The number of hydrogen-bond donors (Lipinski definition) is 0. The predicted octanol–water partition coefficient (Wildman–Crippen LogP) is 19.0. The molecule has 336 valence electrons. The molecule has 72 heavy (non-hydrogen) atoms. The Balaban J connectivity index is 0.956. The molecule has 0 saturated heterocycles. The molecule has 0 radical (unpaired) electrons. The van der Waals surface area contributed by atoms with Crippen molar-refractivity contribution in [3.05, 3.63) is 300 Å². The lowest BCUT2D eigenvalue weighted by molar-refractivity contribution is 0.670. The zero-order valence-electron chi connectivity index (χ0n) is 39.2. The molecule has 13 aromatic rings. The van der Waals surface area contributed by atoms with Crippen molar-refractivity contribution in [2.45, 2.75) is 11.3 Å². The van der Waals surface area contributed by atoms with Crippen LogP contribution in [0.5, 0.6) is 0 Å². The summed E-state index contributed by atoms with van der Waals surface area (Å²) in [5.74, 6) is -0.0688. The van der Waals surface area contributed by atoms with E-state index in [1.54, 1.807) is 0 Å². The van der Waals surface area contributed by atoms with Crippen LogP contribution in [0.1, 0.15) is 44.9 Å². The Kier molecular flexibility index (Phi) is 9.18. The van der Waals surface area contributed by atoms with E-state index in [0.717, 1.165) is 33.1 Å². The van der Waals surface area contributed by atoms with Crippen molar-refractivity contribution in [3.63, 3.8) is 0 Å². The summed E-state index contributed by atoms with van der Waals surface area (Å²) >= 11 is 1.94. The van der Waals surface area contributed by atoms with Crippen LogP contribution < -0.4 is 0 Å². The molecule has 0 amide bonds. The van der Waals surface area contributed by atoms with Gasteiger partial charge in [-0.2, -0.15) is 0 Å². The fourth-order valence-corrected chi connectivity index (χ4v) is 14.0. The molecule has 2 unspecified atom stereocenters. The van der Waals surface area contributed by atoms with E-state index < -0.39 is 5.41 Å². The van der Waals surface area contributed by atoms with E-state index in [1.165, 1.54) is 104 Å². The Morgan fingerprint density at radius 2 is 0.847 bits per heavy atom. The summed E-state index contributed by atoms with van der Waals surface area (Å²) in [6, 6.07) is 96.8. The highest BCUT2D eigenvalue weighted by Crippen LogP contribution is 2.68. The quantitative estimate of drug-likeness (QED) is 0.145. The number of fused-ring (bicyclic) bond motifs is 14. The minimum absolute atomic E-state index is 0.0688. The summed E-state index contributed by atoms with van der Waals surface area (Å²) in [5.41, 5.74) is 22.9. The molecule has 2 aliphatic rings. The van der Waals surface area contributed by atoms with Gasteiger partial charge in [0.25, 0.3) is 0 Å². The number of hydrogen-bond acceptors (Lipinski definition) is 2. The van der Waals surface area contributed by atoms with Crippen LogP contribution in [-0.2, 0) is 5.41 Å². The molecule has 1 nitrogen and oxygen atoms in total. The molecule has 2 aliphatic carbocycles. The van der Waals surface area contributed by atoms with Crippen molar-refractivity contribution in [1.82, 2.24) is 0 Å². The van der Waals surface area contributed by atoms with E-state index >= 15 is 0 Å². The Bertz CT molecular complexity index is 4250. The van der Waals surface area contributed by atoms with Gasteiger partial charge in [-0.15, -0.1) is 11.3 Å². The maximum atomic E-state index is 6.56. The van der Waals surface area contributed by atoms with Crippen molar-refractivity contribution in [2.24, 2.45) is 0 Å². The van der Waals surface area contributed by atoms with Crippen LogP contribution in [-0.4, -0.2) is 0 Å². The number of rotatable bonds is 7. The van der Waals surface area contributed by atoms with Crippen LogP contribution >= 0.6 is 11.3 Å². The first-order valence-corrected chi connectivity index (χ1v) is 25.7. The van der Waals surface area contributed by atoms with E-state index in [2.05, 4.69) is 255 Å². The Morgan fingerprint density at radius 1 is 0.333 bits per heavy atom. The van der Waals surface area contributed by atoms with Gasteiger partial charge in [0.05, 0.1) is 5.41 Å². The van der Waals surface area contributed by atoms with Crippen LogP contribution in [0.3, 0.4) is 0 Å². The van der Waals surface area contributed by atoms with Gasteiger partial charge in [0.15, 0.2) is 0 Å². The molecule has 11 aromatic carbocycles. The van der Waals surface area contributed by atoms with Gasteiger partial charge in [0.1, 0.15) is 11.2 Å². The average molecular weight is 933 g/mol. The molecule has 2 heteroatoms. The van der Waals surface area contributed by atoms with E-state index in [-0.39, 0.29) is 5.92 Å². The summed E-state index contributed by atoms with van der Waals surface area (Å²) in [4.78, 5) is 2.64. The standard InChI is InChI=1S/C70H44OS/c1-3-18-49(19-4-1)68-65-59-26-10-13-31-61(59)70(66(65)69(72-68)50-20-5-2-6-21-50)60-30-12-9-24-55(60)56-42-41-51(43-62(56)70)64(47-37-33-45(34-38-47)53-27-15-22-44-17-7-8-23-52(44)53)48-39-35-46(36-40-48)54-28-16-29-58-57-25-11-14-32-63(57)71-67(54)58/h1-43,64H. The zero-order valence-corrected chi connectivity index (χ0v) is 40.0. The fraction of sp³-hybridized carbons (Fsp3) is 0.0286. The Hall–Kier alpha value is -8.82. The lowest BCUT2D eigenvalue weighted by atomic mass is 9.69. The topological polar surface area (TPSA) is 13.1 Å². The summed E-state index contributed by atoms with van der Waals surface area (Å²) in [6.07, 6.45) is 0. The highest BCUT2D eigenvalue weighted by Gasteiger charge is 2.54. The maximum Gasteiger partial charge on any atom is 0.143 e. The lowest BCUT2D eigenvalue weighted by Crippen LogP contribution is -2.26. The van der Waals surface area contributed by atoms with Gasteiger partial charge in [0.2, 0.25) is 0 Å². The van der Waals surface area contributed by atoms with Crippen molar-refractivity contribution in [1.29, 1.82) is 0 Å². The highest BCUT2D eigenvalue weighted by atomic mass is 32.1. The van der Waals surface area contributed by atoms with Gasteiger partial charge in [-0.25, -0.2) is 0 Å². The molecule has 0 N–H and O–H groups in total.